The van der Waals surface area contributed by atoms with Crippen molar-refractivity contribution in [1.29, 1.82) is 0 Å². The highest BCUT2D eigenvalue weighted by molar-refractivity contribution is 6.12. The van der Waals surface area contributed by atoms with Crippen molar-refractivity contribution in [3.8, 4) is 0 Å². The summed E-state index contributed by atoms with van der Waals surface area (Å²) < 4.78 is 9.04. The van der Waals surface area contributed by atoms with Gasteiger partial charge in [-0.15, -0.1) is 0 Å². The van der Waals surface area contributed by atoms with Crippen LogP contribution >= 0.6 is 0 Å². The Hall–Kier alpha value is -3.11. The Labute approximate surface area is 175 Å². The second-order valence-electron chi connectivity index (χ2n) is 6.82. The monoisotopic (exact) mass is 426 g/mol. The van der Waals surface area contributed by atoms with E-state index in [9.17, 15) is 24.0 Å². The van der Waals surface area contributed by atoms with E-state index in [-0.39, 0.29) is 30.3 Å². The maximum Gasteiger partial charge on any atom is 0.407 e. The third-order valence-electron chi connectivity index (χ3n) is 4.48. The largest absolute Gasteiger partial charge is 0.453 e. The number of carbonyl (C=O) groups excluding carboxylic acids is 5. The molecule has 168 valence electrons. The van der Waals surface area contributed by atoms with Gasteiger partial charge in [-0.05, 0) is 39.0 Å². The molecule has 11 heteroatoms. The predicted octanol–water partition coefficient (Wildman–Crippen LogP) is 0.447. The summed E-state index contributed by atoms with van der Waals surface area (Å²) in [6.45, 7) is 2.47. The average Bonchev–Trinajstić information content (AvgIpc) is 3.04. The van der Waals surface area contributed by atoms with Gasteiger partial charge in [0.2, 0.25) is 5.91 Å². The number of methoxy groups -OCH3 is 2. The fraction of sp³-hybridized carbons (Fsp3) is 0.632. The number of ether oxygens (including phenoxy) is 2. The predicted molar refractivity (Wildman–Crippen MR) is 106 cm³/mol. The molecule has 1 heterocycles. The van der Waals surface area contributed by atoms with Crippen LogP contribution in [0, 0.1) is 0 Å². The number of nitrogens with one attached hydrogen (secondary N) is 3. The lowest BCUT2D eigenvalue weighted by Gasteiger charge is -2.21. The van der Waals surface area contributed by atoms with Gasteiger partial charge >= 0.3 is 12.2 Å². The van der Waals surface area contributed by atoms with Crippen LogP contribution < -0.4 is 16.0 Å². The number of alkyl carbamates (subject to hydrolysis) is 2. The van der Waals surface area contributed by atoms with Gasteiger partial charge in [0, 0.05) is 31.3 Å². The van der Waals surface area contributed by atoms with E-state index >= 15 is 0 Å². The van der Waals surface area contributed by atoms with Gasteiger partial charge in [0.25, 0.3) is 11.8 Å². The molecule has 0 fully saturated rings. The molecule has 30 heavy (non-hydrogen) atoms. The molecule has 0 bridgehead atoms. The second-order valence-corrected chi connectivity index (χ2v) is 6.82. The smallest absolute Gasteiger partial charge is 0.407 e. The van der Waals surface area contributed by atoms with E-state index in [0.717, 1.165) is 4.90 Å². The molecule has 11 nitrogen and oxygen atoms in total. The van der Waals surface area contributed by atoms with E-state index in [1.54, 1.807) is 6.92 Å². The fourth-order valence-corrected chi connectivity index (χ4v) is 2.83. The number of amides is 5. The van der Waals surface area contributed by atoms with Crippen LogP contribution in [0.2, 0.25) is 0 Å². The van der Waals surface area contributed by atoms with Crippen molar-refractivity contribution in [2.45, 2.75) is 51.1 Å². The normalized spacial score (nSPS) is 14.8. The number of carbonyl (C=O) groups is 5. The van der Waals surface area contributed by atoms with Crippen molar-refractivity contribution in [2.75, 3.05) is 27.3 Å². The molecule has 0 aliphatic carbocycles. The first-order valence-electron chi connectivity index (χ1n) is 9.78. The van der Waals surface area contributed by atoms with Gasteiger partial charge in [0.15, 0.2) is 0 Å². The molecule has 3 N–H and O–H groups in total. The Kier molecular flexibility index (Phi) is 10.9. The van der Waals surface area contributed by atoms with Crippen molar-refractivity contribution in [1.82, 2.24) is 20.9 Å². The molecule has 0 aromatic heterocycles. The maximum atomic E-state index is 12.5. The molecule has 2 unspecified atom stereocenters. The minimum atomic E-state index is -0.788. The quantitative estimate of drug-likeness (QED) is 0.304. The van der Waals surface area contributed by atoms with Crippen LogP contribution in [0.15, 0.2) is 12.2 Å². The summed E-state index contributed by atoms with van der Waals surface area (Å²) in [7, 11) is 2.48. The first-order valence-corrected chi connectivity index (χ1v) is 9.78. The third kappa shape index (κ3) is 8.93. The molecule has 1 aliphatic rings. The Morgan fingerprint density at radius 1 is 0.933 bits per heavy atom. The fourth-order valence-electron chi connectivity index (χ4n) is 2.83. The standard InChI is InChI=1S/C19H30N4O7/c1-13(7-6-12-23-15(24)9-10-16(23)25)21-17(26)14(22-19(28)30-3)8-4-5-11-20-18(27)29-2/h9-10,13-14H,4-8,11-12H2,1-3H3,(H,20,27)(H,21,26)(H,22,28). The SMILES string of the molecule is COC(=O)NCCCCC(NC(=O)OC)C(=O)NC(C)CCCN1C(=O)C=CC1=O. The topological polar surface area (TPSA) is 143 Å². The lowest BCUT2D eigenvalue weighted by Crippen LogP contribution is -2.49. The summed E-state index contributed by atoms with van der Waals surface area (Å²) in [6.07, 6.45) is 3.85. The number of hydrogen-bond donors (Lipinski definition) is 3. The molecule has 1 aliphatic heterocycles. The number of hydrogen-bond acceptors (Lipinski definition) is 7. The van der Waals surface area contributed by atoms with Crippen molar-refractivity contribution in [2.24, 2.45) is 0 Å². The zero-order chi connectivity index (χ0) is 22.5. The van der Waals surface area contributed by atoms with Crippen LogP contribution in [0.5, 0.6) is 0 Å². The third-order valence-corrected chi connectivity index (χ3v) is 4.48. The molecule has 0 aromatic rings. The van der Waals surface area contributed by atoms with Crippen molar-refractivity contribution >= 4 is 29.9 Å². The lowest BCUT2D eigenvalue weighted by atomic mass is 10.1. The van der Waals surface area contributed by atoms with E-state index in [2.05, 4.69) is 25.4 Å². The highest BCUT2D eigenvalue weighted by atomic mass is 16.5. The molecule has 5 amide bonds. The van der Waals surface area contributed by atoms with Crippen molar-refractivity contribution in [3.63, 3.8) is 0 Å². The summed E-state index contributed by atoms with van der Waals surface area (Å²) >= 11 is 0. The molecule has 0 spiro atoms. The Bertz CT molecular complexity index is 647. The van der Waals surface area contributed by atoms with E-state index in [1.165, 1.54) is 26.4 Å². The number of nitrogens with zero attached hydrogens (tertiary/aromatic N) is 1. The second kappa shape index (κ2) is 13.2. The highest BCUT2D eigenvalue weighted by Crippen LogP contribution is 2.08. The van der Waals surface area contributed by atoms with Gasteiger partial charge in [0.1, 0.15) is 6.04 Å². The number of rotatable bonds is 12. The summed E-state index contributed by atoms with van der Waals surface area (Å²) in [5.41, 5.74) is 0. The van der Waals surface area contributed by atoms with Gasteiger partial charge < -0.3 is 25.4 Å². The molecule has 0 aromatic carbocycles. The Morgan fingerprint density at radius 2 is 1.57 bits per heavy atom. The van der Waals surface area contributed by atoms with Crippen molar-refractivity contribution in [3.05, 3.63) is 12.2 Å². The Balaban J connectivity index is 2.41. The van der Waals surface area contributed by atoms with Gasteiger partial charge in [-0.3, -0.25) is 19.3 Å². The molecular weight excluding hydrogens is 396 g/mol. The zero-order valence-electron chi connectivity index (χ0n) is 17.6. The van der Waals surface area contributed by atoms with E-state index < -0.39 is 18.2 Å². The van der Waals surface area contributed by atoms with Crippen LogP contribution in [0.4, 0.5) is 9.59 Å². The molecule has 0 radical (unpaired) electrons. The Morgan fingerprint density at radius 3 is 2.17 bits per heavy atom. The number of unbranched alkanes of at least 4 members (excludes halogenated alkanes) is 1. The summed E-state index contributed by atoms with van der Waals surface area (Å²) in [6, 6.07) is -1.01. The van der Waals surface area contributed by atoms with Crippen LogP contribution in [-0.2, 0) is 23.9 Å². The molecule has 1 rings (SSSR count). The van der Waals surface area contributed by atoms with Crippen LogP contribution in [0.3, 0.4) is 0 Å². The summed E-state index contributed by atoms with van der Waals surface area (Å²) in [5, 5.41) is 7.87. The summed E-state index contributed by atoms with van der Waals surface area (Å²) in [5.74, 6) is -1.02. The minimum absolute atomic E-state index is 0.221. The molecule has 0 saturated heterocycles. The van der Waals surface area contributed by atoms with Gasteiger partial charge in [-0.1, -0.05) is 0 Å². The van der Waals surface area contributed by atoms with Gasteiger partial charge in [0.05, 0.1) is 14.2 Å². The van der Waals surface area contributed by atoms with Crippen molar-refractivity contribution < 1.29 is 33.4 Å². The molecular formula is C19H30N4O7. The average molecular weight is 426 g/mol. The van der Waals surface area contributed by atoms with E-state index in [1.807, 2.05) is 0 Å². The first kappa shape index (κ1) is 24.9. The van der Waals surface area contributed by atoms with Gasteiger partial charge in [-0.25, -0.2) is 9.59 Å². The first-order chi connectivity index (χ1) is 14.3. The number of imide groups is 1. The highest BCUT2D eigenvalue weighted by Gasteiger charge is 2.24. The van der Waals surface area contributed by atoms with E-state index in [0.29, 0.717) is 38.6 Å². The van der Waals surface area contributed by atoms with Crippen LogP contribution in [0.25, 0.3) is 0 Å². The maximum absolute atomic E-state index is 12.5. The lowest BCUT2D eigenvalue weighted by molar-refractivity contribution is -0.137. The van der Waals surface area contributed by atoms with Crippen LogP contribution in [0.1, 0.15) is 39.0 Å². The molecule has 0 saturated carbocycles. The summed E-state index contributed by atoms with van der Waals surface area (Å²) in [4.78, 5) is 59.3. The minimum Gasteiger partial charge on any atom is -0.453 e. The van der Waals surface area contributed by atoms with Gasteiger partial charge in [-0.2, -0.15) is 0 Å². The molecule has 2 atom stereocenters. The van der Waals surface area contributed by atoms with Crippen LogP contribution in [-0.4, -0.2) is 74.2 Å². The van der Waals surface area contributed by atoms with E-state index in [4.69, 9.17) is 0 Å². The zero-order valence-corrected chi connectivity index (χ0v) is 17.6.